The zero-order valence-electron chi connectivity index (χ0n) is 12.8. The molecule has 0 aliphatic heterocycles. The molecule has 22 heavy (non-hydrogen) atoms. The summed E-state index contributed by atoms with van der Waals surface area (Å²) in [4.78, 5) is 7.47. The van der Waals surface area contributed by atoms with Gasteiger partial charge in [-0.3, -0.25) is 0 Å². The summed E-state index contributed by atoms with van der Waals surface area (Å²) >= 11 is 0. The first kappa shape index (κ1) is 16.1. The Labute approximate surface area is 126 Å². The van der Waals surface area contributed by atoms with E-state index in [9.17, 15) is 13.2 Å². The molecular formula is C15H17F3N4. The van der Waals surface area contributed by atoms with E-state index in [1.54, 1.807) is 0 Å². The largest absolute Gasteiger partial charge is 0.433 e. The standard InChI is InChI=1S/C15H17F3N4/c1-8-5-9(2)13(10(3)6-8)21-12-7-11(15(16,17)18)20-14(19-4)22-12/h5-7H,1-4H3,(H2,19,20,21,22). The highest BCUT2D eigenvalue weighted by Gasteiger charge is 2.33. The summed E-state index contributed by atoms with van der Waals surface area (Å²) < 4.78 is 38.7. The van der Waals surface area contributed by atoms with Gasteiger partial charge in [0.2, 0.25) is 5.95 Å². The molecule has 0 atom stereocenters. The summed E-state index contributed by atoms with van der Waals surface area (Å²) in [6.07, 6.45) is -4.53. The van der Waals surface area contributed by atoms with E-state index in [4.69, 9.17) is 0 Å². The van der Waals surface area contributed by atoms with Crippen LogP contribution in [0.2, 0.25) is 0 Å². The normalized spacial score (nSPS) is 11.4. The molecule has 0 aliphatic rings. The summed E-state index contributed by atoms with van der Waals surface area (Å²) in [7, 11) is 1.47. The van der Waals surface area contributed by atoms with Gasteiger partial charge in [0.1, 0.15) is 5.82 Å². The SMILES string of the molecule is CNc1nc(Nc2c(C)cc(C)cc2C)cc(C(F)(F)F)n1. The number of hydrogen-bond acceptors (Lipinski definition) is 4. The van der Waals surface area contributed by atoms with E-state index in [2.05, 4.69) is 20.6 Å². The Morgan fingerprint density at radius 1 is 0.955 bits per heavy atom. The molecule has 2 N–H and O–H groups in total. The number of anilines is 3. The minimum Gasteiger partial charge on any atom is -0.357 e. The first-order valence-electron chi connectivity index (χ1n) is 6.69. The van der Waals surface area contributed by atoms with Gasteiger partial charge >= 0.3 is 6.18 Å². The van der Waals surface area contributed by atoms with Gasteiger partial charge in [0.15, 0.2) is 5.69 Å². The molecule has 0 saturated carbocycles. The van der Waals surface area contributed by atoms with Gasteiger partial charge in [-0.25, -0.2) is 4.98 Å². The van der Waals surface area contributed by atoms with E-state index in [-0.39, 0.29) is 11.8 Å². The van der Waals surface area contributed by atoms with Crippen molar-refractivity contribution >= 4 is 17.5 Å². The summed E-state index contributed by atoms with van der Waals surface area (Å²) in [6, 6.07) is 4.82. The van der Waals surface area contributed by atoms with Gasteiger partial charge in [-0.2, -0.15) is 18.2 Å². The van der Waals surface area contributed by atoms with Crippen molar-refractivity contribution in [2.45, 2.75) is 26.9 Å². The summed E-state index contributed by atoms with van der Waals surface area (Å²) in [5.41, 5.74) is 2.73. The van der Waals surface area contributed by atoms with Gasteiger partial charge in [0, 0.05) is 18.8 Å². The number of aryl methyl sites for hydroxylation is 3. The Kier molecular flexibility index (Phi) is 4.25. The number of benzene rings is 1. The predicted octanol–water partition coefficient (Wildman–Crippen LogP) is 4.21. The molecule has 0 fully saturated rings. The Morgan fingerprint density at radius 3 is 2.05 bits per heavy atom. The van der Waals surface area contributed by atoms with Crippen molar-refractivity contribution in [1.82, 2.24) is 9.97 Å². The zero-order valence-corrected chi connectivity index (χ0v) is 12.8. The fraction of sp³-hybridized carbons (Fsp3) is 0.333. The maximum atomic E-state index is 12.9. The second kappa shape index (κ2) is 5.82. The Morgan fingerprint density at radius 2 is 1.55 bits per heavy atom. The van der Waals surface area contributed by atoms with Crippen LogP contribution in [-0.2, 0) is 6.18 Å². The quantitative estimate of drug-likeness (QED) is 0.892. The minimum atomic E-state index is -4.53. The maximum absolute atomic E-state index is 12.9. The molecule has 0 spiro atoms. The van der Waals surface area contributed by atoms with Crippen molar-refractivity contribution in [2.24, 2.45) is 0 Å². The predicted molar refractivity (Wildman–Crippen MR) is 80.5 cm³/mol. The lowest BCUT2D eigenvalue weighted by Gasteiger charge is -2.15. The average Bonchev–Trinajstić information content (AvgIpc) is 2.41. The van der Waals surface area contributed by atoms with Crippen LogP contribution >= 0.6 is 0 Å². The Balaban J connectivity index is 2.46. The van der Waals surface area contributed by atoms with Crippen LogP contribution in [0.3, 0.4) is 0 Å². The number of aromatic nitrogens is 2. The topological polar surface area (TPSA) is 49.8 Å². The van der Waals surface area contributed by atoms with Crippen molar-refractivity contribution in [3.63, 3.8) is 0 Å². The van der Waals surface area contributed by atoms with Crippen LogP contribution in [-0.4, -0.2) is 17.0 Å². The van der Waals surface area contributed by atoms with Crippen molar-refractivity contribution < 1.29 is 13.2 Å². The molecule has 0 unspecified atom stereocenters. The fourth-order valence-corrected chi connectivity index (χ4v) is 2.27. The minimum absolute atomic E-state index is 0.0836. The number of nitrogens with zero attached hydrogens (tertiary/aromatic N) is 2. The highest BCUT2D eigenvalue weighted by molar-refractivity contribution is 5.66. The molecule has 2 aromatic rings. The smallest absolute Gasteiger partial charge is 0.357 e. The van der Waals surface area contributed by atoms with Crippen LogP contribution in [0.5, 0.6) is 0 Å². The van der Waals surface area contributed by atoms with Crippen LogP contribution < -0.4 is 10.6 Å². The molecule has 0 amide bonds. The fourth-order valence-electron chi connectivity index (χ4n) is 2.27. The maximum Gasteiger partial charge on any atom is 0.433 e. The first-order chi connectivity index (χ1) is 10.2. The monoisotopic (exact) mass is 310 g/mol. The van der Waals surface area contributed by atoms with Crippen molar-refractivity contribution in [3.8, 4) is 0 Å². The van der Waals surface area contributed by atoms with E-state index >= 15 is 0 Å². The number of rotatable bonds is 3. The van der Waals surface area contributed by atoms with Crippen LogP contribution in [0.25, 0.3) is 0 Å². The third-order valence-corrected chi connectivity index (χ3v) is 3.17. The molecule has 4 nitrogen and oxygen atoms in total. The van der Waals surface area contributed by atoms with Crippen molar-refractivity contribution in [2.75, 3.05) is 17.7 Å². The molecular weight excluding hydrogens is 293 g/mol. The number of halogens is 3. The Hall–Kier alpha value is -2.31. The van der Waals surface area contributed by atoms with Crippen molar-refractivity contribution in [3.05, 3.63) is 40.6 Å². The molecule has 0 aliphatic carbocycles. The van der Waals surface area contributed by atoms with Gasteiger partial charge in [-0.15, -0.1) is 0 Å². The molecule has 0 saturated heterocycles. The number of nitrogens with one attached hydrogen (secondary N) is 2. The Bertz CT molecular complexity index is 673. The van der Waals surface area contributed by atoms with Crippen LogP contribution in [0.4, 0.5) is 30.6 Å². The molecule has 1 aromatic heterocycles. The lowest BCUT2D eigenvalue weighted by atomic mass is 10.1. The summed E-state index contributed by atoms with van der Waals surface area (Å²) in [5, 5.41) is 5.51. The zero-order chi connectivity index (χ0) is 16.5. The third-order valence-electron chi connectivity index (χ3n) is 3.17. The molecule has 2 rings (SSSR count). The first-order valence-corrected chi connectivity index (χ1v) is 6.69. The van der Waals surface area contributed by atoms with E-state index in [0.717, 1.165) is 28.4 Å². The van der Waals surface area contributed by atoms with E-state index in [0.29, 0.717) is 0 Å². The van der Waals surface area contributed by atoms with Crippen molar-refractivity contribution in [1.29, 1.82) is 0 Å². The molecule has 1 heterocycles. The molecule has 7 heteroatoms. The van der Waals surface area contributed by atoms with Crippen LogP contribution in [0, 0.1) is 20.8 Å². The summed E-state index contributed by atoms with van der Waals surface area (Å²) in [5.74, 6) is 0.0153. The van der Waals surface area contributed by atoms with E-state index in [1.165, 1.54) is 7.05 Å². The van der Waals surface area contributed by atoms with Gasteiger partial charge in [-0.05, 0) is 31.9 Å². The molecule has 118 valence electrons. The highest BCUT2D eigenvalue weighted by atomic mass is 19.4. The number of alkyl halides is 3. The van der Waals surface area contributed by atoms with E-state index < -0.39 is 11.9 Å². The lowest BCUT2D eigenvalue weighted by molar-refractivity contribution is -0.141. The van der Waals surface area contributed by atoms with Gasteiger partial charge in [0.05, 0.1) is 0 Å². The van der Waals surface area contributed by atoms with Gasteiger partial charge in [0.25, 0.3) is 0 Å². The van der Waals surface area contributed by atoms with Gasteiger partial charge < -0.3 is 10.6 Å². The van der Waals surface area contributed by atoms with Gasteiger partial charge in [-0.1, -0.05) is 17.7 Å². The summed E-state index contributed by atoms with van der Waals surface area (Å²) in [6.45, 7) is 5.76. The highest BCUT2D eigenvalue weighted by Crippen LogP contribution is 2.31. The van der Waals surface area contributed by atoms with Crippen LogP contribution in [0.15, 0.2) is 18.2 Å². The average molecular weight is 310 g/mol. The second-order valence-electron chi connectivity index (χ2n) is 5.11. The third kappa shape index (κ3) is 3.47. The van der Waals surface area contributed by atoms with Crippen LogP contribution in [0.1, 0.15) is 22.4 Å². The second-order valence-corrected chi connectivity index (χ2v) is 5.11. The molecule has 0 radical (unpaired) electrons. The van der Waals surface area contributed by atoms with E-state index in [1.807, 2.05) is 32.9 Å². The molecule has 1 aromatic carbocycles. The number of hydrogen-bond donors (Lipinski definition) is 2. The lowest BCUT2D eigenvalue weighted by Crippen LogP contribution is -2.12. The molecule has 0 bridgehead atoms.